The van der Waals surface area contributed by atoms with Gasteiger partial charge in [0.2, 0.25) is 0 Å². The topological polar surface area (TPSA) is 74.7 Å². The predicted octanol–water partition coefficient (Wildman–Crippen LogP) is 1.97. The molecule has 0 aliphatic rings. The Balaban J connectivity index is 2.00. The lowest BCUT2D eigenvalue weighted by molar-refractivity contribution is 0.149. The summed E-state index contributed by atoms with van der Waals surface area (Å²) in [6, 6.07) is 10.3. The summed E-state index contributed by atoms with van der Waals surface area (Å²) >= 11 is 0. The van der Waals surface area contributed by atoms with E-state index >= 15 is 0 Å². The van der Waals surface area contributed by atoms with Gasteiger partial charge in [0.15, 0.2) is 0 Å². The van der Waals surface area contributed by atoms with Crippen molar-refractivity contribution < 1.29 is 14.6 Å². The number of methoxy groups -OCH3 is 1. The number of aliphatic hydroxyl groups excluding tert-OH is 1. The number of ether oxygens (including phenoxy) is 1. The highest BCUT2D eigenvalue weighted by Crippen LogP contribution is 2.21. The molecule has 0 radical (unpaired) electrons. The van der Waals surface area contributed by atoms with Crippen LogP contribution in [0.25, 0.3) is 0 Å². The summed E-state index contributed by atoms with van der Waals surface area (Å²) in [6.45, 7) is 0.248. The number of hydrogen-bond donors (Lipinski definition) is 2. The van der Waals surface area contributed by atoms with E-state index in [0.29, 0.717) is 6.54 Å². The van der Waals surface area contributed by atoms with Gasteiger partial charge in [-0.1, -0.05) is 12.1 Å². The molecule has 2 rings (SSSR count). The second kappa shape index (κ2) is 8.14. The van der Waals surface area contributed by atoms with Crippen molar-refractivity contribution in [2.45, 2.75) is 12.6 Å². The van der Waals surface area contributed by atoms with Gasteiger partial charge in [-0.15, -0.1) is 0 Å². The van der Waals surface area contributed by atoms with E-state index in [-0.39, 0.29) is 12.6 Å². The summed E-state index contributed by atoms with van der Waals surface area (Å²) in [4.78, 5) is 17.7. The van der Waals surface area contributed by atoms with Gasteiger partial charge in [0.1, 0.15) is 5.75 Å². The van der Waals surface area contributed by atoms with Crippen LogP contribution in [0.1, 0.15) is 17.2 Å². The number of carbonyl (C=O) groups excluding carboxylic acids is 1. The first-order chi connectivity index (χ1) is 11.2. The van der Waals surface area contributed by atoms with E-state index in [2.05, 4.69) is 10.3 Å². The molecule has 6 nitrogen and oxygen atoms in total. The molecule has 6 heteroatoms. The average Bonchev–Trinajstić information content (AvgIpc) is 2.61. The molecule has 2 amide bonds. The van der Waals surface area contributed by atoms with Crippen molar-refractivity contribution in [2.75, 3.05) is 20.8 Å². The normalized spacial score (nSPS) is 11.6. The third-order valence-electron chi connectivity index (χ3n) is 3.65. The second-order valence-electron chi connectivity index (χ2n) is 5.10. The Morgan fingerprint density at radius 3 is 2.48 bits per heavy atom. The van der Waals surface area contributed by atoms with E-state index in [0.717, 1.165) is 16.9 Å². The lowest BCUT2D eigenvalue weighted by atomic mass is 10.1. The number of benzene rings is 1. The number of carbonyl (C=O) groups is 1. The fourth-order valence-corrected chi connectivity index (χ4v) is 2.22. The van der Waals surface area contributed by atoms with Crippen LogP contribution in [0.4, 0.5) is 4.79 Å². The number of rotatable bonds is 6. The first-order valence-electron chi connectivity index (χ1n) is 7.30. The molecule has 0 aliphatic carbocycles. The van der Waals surface area contributed by atoms with Gasteiger partial charge in [0.05, 0.1) is 19.8 Å². The number of aromatic nitrogens is 1. The molecule has 1 atom stereocenters. The van der Waals surface area contributed by atoms with Crippen LogP contribution in [0, 0.1) is 0 Å². The molecule has 0 saturated carbocycles. The zero-order valence-electron chi connectivity index (χ0n) is 13.3. The molecular weight excluding hydrogens is 294 g/mol. The number of likely N-dealkylation sites (N-methyl/N-ethyl adjacent to an activating group) is 1. The summed E-state index contributed by atoms with van der Waals surface area (Å²) in [6.07, 6.45) is 3.36. The van der Waals surface area contributed by atoms with Gasteiger partial charge in [0.25, 0.3) is 0 Å². The largest absolute Gasteiger partial charge is 0.497 e. The van der Waals surface area contributed by atoms with Gasteiger partial charge in [0, 0.05) is 26.0 Å². The number of nitrogens with zero attached hydrogens (tertiary/aromatic N) is 2. The smallest absolute Gasteiger partial charge is 0.318 e. The summed E-state index contributed by atoms with van der Waals surface area (Å²) in [5.74, 6) is 0.732. The fraction of sp³-hybridized carbons (Fsp3) is 0.294. The Morgan fingerprint density at radius 1 is 1.26 bits per heavy atom. The Hall–Kier alpha value is -2.60. The van der Waals surface area contributed by atoms with Gasteiger partial charge in [-0.3, -0.25) is 4.98 Å². The molecule has 0 bridgehead atoms. The van der Waals surface area contributed by atoms with Gasteiger partial charge in [-0.2, -0.15) is 0 Å². The van der Waals surface area contributed by atoms with Crippen molar-refractivity contribution in [2.24, 2.45) is 0 Å². The highest BCUT2D eigenvalue weighted by atomic mass is 16.5. The van der Waals surface area contributed by atoms with Crippen LogP contribution in [0.3, 0.4) is 0 Å². The van der Waals surface area contributed by atoms with E-state index in [4.69, 9.17) is 4.74 Å². The van der Waals surface area contributed by atoms with Gasteiger partial charge in [-0.25, -0.2) is 4.79 Å². The third-order valence-corrected chi connectivity index (χ3v) is 3.65. The van der Waals surface area contributed by atoms with Crippen molar-refractivity contribution >= 4 is 6.03 Å². The van der Waals surface area contributed by atoms with Crippen molar-refractivity contribution in [3.8, 4) is 5.75 Å². The monoisotopic (exact) mass is 315 g/mol. The number of urea groups is 1. The van der Waals surface area contributed by atoms with Crippen molar-refractivity contribution in [3.05, 3.63) is 59.9 Å². The molecule has 2 N–H and O–H groups in total. The molecule has 122 valence electrons. The summed E-state index contributed by atoms with van der Waals surface area (Å²) in [5.41, 5.74) is 1.81. The lowest BCUT2D eigenvalue weighted by Gasteiger charge is -2.27. The molecule has 0 spiro atoms. The maximum absolute atomic E-state index is 12.3. The summed E-state index contributed by atoms with van der Waals surface area (Å²) < 4.78 is 5.12. The zero-order valence-corrected chi connectivity index (χ0v) is 13.3. The van der Waals surface area contributed by atoms with Crippen LogP contribution >= 0.6 is 0 Å². The molecule has 1 aromatic carbocycles. The average molecular weight is 315 g/mol. The molecule has 1 aromatic heterocycles. The van der Waals surface area contributed by atoms with Crippen LogP contribution in [0.2, 0.25) is 0 Å². The first kappa shape index (κ1) is 16.8. The Bertz CT molecular complexity index is 617. The first-order valence-corrected chi connectivity index (χ1v) is 7.30. The SMILES string of the molecule is COc1ccc(C(CO)N(C)C(=O)NCc2ccncc2)cc1. The van der Waals surface area contributed by atoms with Crippen molar-refractivity contribution in [1.82, 2.24) is 15.2 Å². The molecule has 0 saturated heterocycles. The predicted molar refractivity (Wildman–Crippen MR) is 87.1 cm³/mol. The molecular formula is C17H21N3O3. The minimum Gasteiger partial charge on any atom is -0.497 e. The van der Waals surface area contributed by atoms with Crippen LogP contribution in [-0.2, 0) is 6.54 Å². The van der Waals surface area contributed by atoms with Crippen molar-refractivity contribution in [1.29, 1.82) is 0 Å². The van der Waals surface area contributed by atoms with Gasteiger partial charge < -0.3 is 20.1 Å². The Labute approximate surface area is 135 Å². The highest BCUT2D eigenvalue weighted by Gasteiger charge is 2.20. The standard InChI is InChI=1S/C17H21N3O3/c1-20(17(22)19-11-13-7-9-18-10-8-13)16(12-21)14-3-5-15(23-2)6-4-14/h3-10,16,21H,11-12H2,1-2H3,(H,19,22). The van der Waals surface area contributed by atoms with Crippen LogP contribution < -0.4 is 10.1 Å². The maximum Gasteiger partial charge on any atom is 0.318 e. The Kier molecular flexibility index (Phi) is 5.94. The van der Waals surface area contributed by atoms with E-state index in [1.165, 1.54) is 4.90 Å². The van der Waals surface area contributed by atoms with Crippen LogP contribution in [-0.4, -0.2) is 41.8 Å². The van der Waals surface area contributed by atoms with Gasteiger partial charge >= 0.3 is 6.03 Å². The van der Waals surface area contributed by atoms with E-state index < -0.39 is 6.04 Å². The minimum atomic E-state index is -0.418. The lowest BCUT2D eigenvalue weighted by Crippen LogP contribution is -2.40. The number of pyridine rings is 1. The number of nitrogens with one attached hydrogen (secondary N) is 1. The van der Waals surface area contributed by atoms with E-state index in [1.54, 1.807) is 38.7 Å². The van der Waals surface area contributed by atoms with Gasteiger partial charge in [-0.05, 0) is 35.4 Å². The maximum atomic E-state index is 12.3. The molecule has 2 aromatic rings. The summed E-state index contributed by atoms with van der Waals surface area (Å²) in [5, 5.41) is 12.5. The minimum absolute atomic E-state index is 0.161. The molecule has 0 aliphatic heterocycles. The summed E-state index contributed by atoms with van der Waals surface area (Å²) in [7, 11) is 3.25. The Morgan fingerprint density at radius 2 is 1.91 bits per heavy atom. The fourth-order valence-electron chi connectivity index (χ4n) is 2.22. The number of aliphatic hydroxyl groups is 1. The van der Waals surface area contributed by atoms with Crippen molar-refractivity contribution in [3.63, 3.8) is 0 Å². The van der Waals surface area contributed by atoms with Crippen LogP contribution in [0.5, 0.6) is 5.75 Å². The molecule has 1 unspecified atom stereocenters. The molecule has 1 heterocycles. The van der Waals surface area contributed by atoms with E-state index in [9.17, 15) is 9.90 Å². The number of hydrogen-bond acceptors (Lipinski definition) is 4. The van der Waals surface area contributed by atoms with E-state index in [1.807, 2.05) is 24.3 Å². The quantitative estimate of drug-likeness (QED) is 0.854. The number of amides is 2. The van der Waals surface area contributed by atoms with Crippen LogP contribution in [0.15, 0.2) is 48.8 Å². The third kappa shape index (κ3) is 4.43. The highest BCUT2D eigenvalue weighted by molar-refractivity contribution is 5.74. The second-order valence-corrected chi connectivity index (χ2v) is 5.10. The zero-order chi connectivity index (χ0) is 16.7. The molecule has 0 fully saturated rings. The molecule has 23 heavy (non-hydrogen) atoms.